The third kappa shape index (κ3) is 4.71. The van der Waals surface area contributed by atoms with Crippen LogP contribution in [-0.4, -0.2) is 62.4 Å². The molecule has 1 saturated heterocycles. The summed E-state index contributed by atoms with van der Waals surface area (Å²) in [6, 6.07) is -0.00435. The van der Waals surface area contributed by atoms with Crippen molar-refractivity contribution in [2.45, 2.75) is 52.0 Å². The Balaban J connectivity index is 1.63. The molecule has 0 N–H and O–H groups in total. The number of thiazole rings is 1. The molecule has 0 aromatic carbocycles. The topological polar surface area (TPSA) is 92.4 Å². The Morgan fingerprint density at radius 3 is 2.89 bits per heavy atom. The number of carbonyl (C=O) groups is 2. The fraction of sp³-hybridized carbons (Fsp3) is 0.611. The SMILES string of the molecule is CC(=O)N(CCc1noc(C(C)C)n1)C1CCCN(C(=O)c2cscn2)C1. The summed E-state index contributed by atoms with van der Waals surface area (Å²) in [4.78, 5) is 36.9. The lowest BCUT2D eigenvalue weighted by Gasteiger charge is -2.38. The molecule has 1 aliphatic heterocycles. The molecular weight excluding hydrogens is 366 g/mol. The van der Waals surface area contributed by atoms with Crippen molar-refractivity contribution in [2.24, 2.45) is 0 Å². The Bertz CT molecular complexity index is 774. The van der Waals surface area contributed by atoms with Gasteiger partial charge in [0.1, 0.15) is 5.69 Å². The summed E-state index contributed by atoms with van der Waals surface area (Å²) in [6.07, 6.45) is 2.28. The maximum atomic E-state index is 12.6. The van der Waals surface area contributed by atoms with E-state index in [2.05, 4.69) is 15.1 Å². The number of aromatic nitrogens is 3. The quantitative estimate of drug-likeness (QED) is 0.750. The summed E-state index contributed by atoms with van der Waals surface area (Å²) >= 11 is 1.41. The summed E-state index contributed by atoms with van der Waals surface area (Å²) < 4.78 is 5.23. The molecule has 3 heterocycles. The molecule has 1 unspecified atom stereocenters. The first-order chi connectivity index (χ1) is 13.0. The van der Waals surface area contributed by atoms with Crippen LogP contribution < -0.4 is 0 Å². The molecule has 0 bridgehead atoms. The van der Waals surface area contributed by atoms with E-state index < -0.39 is 0 Å². The van der Waals surface area contributed by atoms with Gasteiger partial charge in [-0.15, -0.1) is 11.3 Å². The van der Waals surface area contributed by atoms with Gasteiger partial charge in [0.05, 0.1) is 5.51 Å². The normalized spacial score (nSPS) is 17.3. The molecule has 1 fully saturated rings. The van der Waals surface area contributed by atoms with Crippen LogP contribution in [0.15, 0.2) is 15.4 Å². The highest BCUT2D eigenvalue weighted by Gasteiger charge is 2.30. The summed E-state index contributed by atoms with van der Waals surface area (Å²) in [5.74, 6) is 1.33. The van der Waals surface area contributed by atoms with Crippen molar-refractivity contribution in [3.05, 3.63) is 28.3 Å². The third-order valence-electron chi connectivity index (χ3n) is 4.73. The number of carbonyl (C=O) groups excluding carboxylic acids is 2. The highest BCUT2D eigenvalue weighted by atomic mass is 32.1. The molecule has 0 spiro atoms. The second kappa shape index (κ2) is 8.60. The molecule has 1 atom stereocenters. The van der Waals surface area contributed by atoms with E-state index in [1.54, 1.807) is 22.7 Å². The van der Waals surface area contributed by atoms with Crippen LogP contribution in [-0.2, 0) is 11.2 Å². The van der Waals surface area contributed by atoms with Crippen molar-refractivity contribution >= 4 is 23.2 Å². The predicted molar refractivity (Wildman–Crippen MR) is 101 cm³/mol. The highest BCUT2D eigenvalue weighted by molar-refractivity contribution is 7.07. The number of rotatable bonds is 6. The van der Waals surface area contributed by atoms with Crippen LogP contribution in [0.3, 0.4) is 0 Å². The molecule has 2 aromatic rings. The molecule has 0 saturated carbocycles. The fourth-order valence-corrected chi connectivity index (χ4v) is 3.82. The van der Waals surface area contributed by atoms with E-state index >= 15 is 0 Å². The Hall–Kier alpha value is -2.29. The Kier molecular flexibility index (Phi) is 6.20. The lowest BCUT2D eigenvalue weighted by Crippen LogP contribution is -2.51. The minimum Gasteiger partial charge on any atom is -0.339 e. The summed E-state index contributed by atoms with van der Waals surface area (Å²) in [5, 5.41) is 5.76. The zero-order valence-corrected chi connectivity index (χ0v) is 16.7. The van der Waals surface area contributed by atoms with E-state index in [9.17, 15) is 9.59 Å². The molecule has 2 amide bonds. The first-order valence-corrected chi connectivity index (χ1v) is 10.2. The highest BCUT2D eigenvalue weighted by Crippen LogP contribution is 2.19. The molecule has 27 heavy (non-hydrogen) atoms. The Morgan fingerprint density at radius 1 is 1.44 bits per heavy atom. The molecule has 8 nitrogen and oxygen atoms in total. The molecule has 2 aromatic heterocycles. The first-order valence-electron chi connectivity index (χ1n) is 9.23. The van der Waals surface area contributed by atoms with Gasteiger partial charge in [-0.1, -0.05) is 19.0 Å². The van der Waals surface area contributed by atoms with Crippen LogP contribution in [0.5, 0.6) is 0 Å². The van der Waals surface area contributed by atoms with Gasteiger partial charge in [-0.05, 0) is 12.8 Å². The molecular formula is C18H25N5O3S. The molecule has 9 heteroatoms. The maximum Gasteiger partial charge on any atom is 0.273 e. The average Bonchev–Trinajstić information content (AvgIpc) is 3.33. The molecule has 146 valence electrons. The van der Waals surface area contributed by atoms with Gasteiger partial charge >= 0.3 is 0 Å². The molecule has 0 radical (unpaired) electrons. The summed E-state index contributed by atoms with van der Waals surface area (Å²) in [6.45, 7) is 7.29. The summed E-state index contributed by atoms with van der Waals surface area (Å²) in [7, 11) is 0. The van der Waals surface area contributed by atoms with Gasteiger partial charge in [0, 0.05) is 50.3 Å². The number of hydrogen-bond acceptors (Lipinski definition) is 7. The van der Waals surface area contributed by atoms with Gasteiger partial charge < -0.3 is 14.3 Å². The van der Waals surface area contributed by atoms with Crippen LogP contribution in [0.2, 0.25) is 0 Å². The zero-order valence-electron chi connectivity index (χ0n) is 15.9. The van der Waals surface area contributed by atoms with E-state index in [0.717, 1.165) is 12.8 Å². The van der Waals surface area contributed by atoms with Crippen LogP contribution in [0.4, 0.5) is 0 Å². The number of amides is 2. The largest absolute Gasteiger partial charge is 0.339 e. The van der Waals surface area contributed by atoms with Crippen LogP contribution in [0, 0.1) is 0 Å². The average molecular weight is 391 g/mol. The summed E-state index contributed by atoms with van der Waals surface area (Å²) in [5.41, 5.74) is 2.13. The van der Waals surface area contributed by atoms with Crippen molar-refractivity contribution in [1.29, 1.82) is 0 Å². The van der Waals surface area contributed by atoms with E-state index in [1.807, 2.05) is 18.7 Å². The van der Waals surface area contributed by atoms with Gasteiger partial charge in [0.15, 0.2) is 5.82 Å². The monoisotopic (exact) mass is 391 g/mol. The van der Waals surface area contributed by atoms with Crippen molar-refractivity contribution in [3.63, 3.8) is 0 Å². The number of nitrogens with zero attached hydrogens (tertiary/aromatic N) is 5. The predicted octanol–water partition coefficient (Wildman–Crippen LogP) is 2.35. The van der Waals surface area contributed by atoms with Crippen molar-refractivity contribution in [1.82, 2.24) is 24.9 Å². The smallest absolute Gasteiger partial charge is 0.273 e. The van der Waals surface area contributed by atoms with Crippen LogP contribution in [0.1, 0.15) is 61.7 Å². The lowest BCUT2D eigenvalue weighted by molar-refractivity contribution is -0.132. The van der Waals surface area contributed by atoms with Crippen molar-refractivity contribution < 1.29 is 14.1 Å². The second-order valence-corrected chi connectivity index (χ2v) is 7.81. The number of piperidine rings is 1. The second-order valence-electron chi connectivity index (χ2n) is 7.09. The zero-order chi connectivity index (χ0) is 19.4. The van der Waals surface area contributed by atoms with Gasteiger partial charge in [-0.2, -0.15) is 4.98 Å². The Labute approximate surface area is 162 Å². The van der Waals surface area contributed by atoms with Crippen LogP contribution >= 0.6 is 11.3 Å². The van der Waals surface area contributed by atoms with Crippen molar-refractivity contribution in [3.8, 4) is 0 Å². The van der Waals surface area contributed by atoms with E-state index in [4.69, 9.17) is 4.52 Å². The minimum atomic E-state index is -0.0656. The van der Waals surface area contributed by atoms with E-state index in [1.165, 1.54) is 11.3 Å². The lowest BCUT2D eigenvalue weighted by atomic mass is 10.0. The number of hydrogen-bond donors (Lipinski definition) is 0. The van der Waals surface area contributed by atoms with E-state index in [0.29, 0.717) is 43.5 Å². The van der Waals surface area contributed by atoms with Gasteiger partial charge in [0.2, 0.25) is 11.8 Å². The van der Waals surface area contributed by atoms with E-state index in [-0.39, 0.29) is 23.8 Å². The molecule has 3 rings (SSSR count). The molecule has 1 aliphatic rings. The minimum absolute atomic E-state index is 0.00413. The number of likely N-dealkylation sites (tertiary alicyclic amines) is 1. The van der Waals surface area contributed by atoms with Gasteiger partial charge in [-0.25, -0.2) is 4.98 Å². The fourth-order valence-electron chi connectivity index (χ4n) is 3.29. The van der Waals surface area contributed by atoms with Crippen molar-refractivity contribution in [2.75, 3.05) is 19.6 Å². The van der Waals surface area contributed by atoms with Gasteiger partial charge in [0.25, 0.3) is 5.91 Å². The van der Waals surface area contributed by atoms with Gasteiger partial charge in [-0.3, -0.25) is 9.59 Å². The first kappa shape index (κ1) is 19.5. The third-order valence-corrected chi connectivity index (χ3v) is 5.32. The Morgan fingerprint density at radius 2 is 2.26 bits per heavy atom. The van der Waals surface area contributed by atoms with Crippen LogP contribution in [0.25, 0.3) is 0 Å². The maximum absolute atomic E-state index is 12.6. The standard InChI is InChI=1S/C18H25N5O3S/c1-12(2)17-20-16(21-26-17)6-8-23(13(3)24)14-5-4-7-22(9-14)18(25)15-10-27-11-19-15/h10-12,14H,4-9H2,1-3H3. The molecule has 0 aliphatic carbocycles.